The normalized spacial score (nSPS) is 29.4. The van der Waals surface area contributed by atoms with Crippen molar-refractivity contribution in [3.8, 4) is 0 Å². The van der Waals surface area contributed by atoms with Crippen LogP contribution in [0.25, 0.3) is 0 Å². The summed E-state index contributed by atoms with van der Waals surface area (Å²) in [4.78, 5) is 0. The van der Waals surface area contributed by atoms with Gasteiger partial charge in [0.05, 0.1) is 5.69 Å². The highest BCUT2D eigenvalue weighted by atomic mass is 15.3. The first kappa shape index (κ1) is 14.6. The molecular formula is C16H29N3. The maximum absolute atomic E-state index is 4.60. The van der Waals surface area contributed by atoms with Crippen molar-refractivity contribution in [1.29, 1.82) is 0 Å². The Hall–Kier alpha value is -0.830. The molecule has 0 radical (unpaired) electrons. The Bertz CT molecular complexity index is 410. The van der Waals surface area contributed by atoms with E-state index >= 15 is 0 Å². The second-order valence-electron chi connectivity index (χ2n) is 6.35. The Balaban J connectivity index is 2.19. The SMILES string of the molecule is CCc1nn(C)cc1C(NC)C1CCC(C)C(C)C1. The highest BCUT2D eigenvalue weighted by Gasteiger charge is 2.31. The molecular weight excluding hydrogens is 234 g/mol. The van der Waals surface area contributed by atoms with Crippen LogP contribution < -0.4 is 5.32 Å². The average Bonchev–Trinajstić information content (AvgIpc) is 2.76. The Morgan fingerprint density at radius 1 is 1.37 bits per heavy atom. The lowest BCUT2D eigenvalue weighted by atomic mass is 9.72. The van der Waals surface area contributed by atoms with E-state index in [4.69, 9.17) is 0 Å². The number of aryl methyl sites for hydroxylation is 2. The fourth-order valence-electron chi connectivity index (χ4n) is 3.62. The summed E-state index contributed by atoms with van der Waals surface area (Å²) in [6, 6.07) is 0.471. The molecule has 3 heteroatoms. The van der Waals surface area contributed by atoms with Gasteiger partial charge in [-0.2, -0.15) is 5.10 Å². The number of nitrogens with zero attached hydrogens (tertiary/aromatic N) is 2. The summed E-state index contributed by atoms with van der Waals surface area (Å²) in [6.45, 7) is 7.01. The van der Waals surface area contributed by atoms with E-state index in [1.165, 1.54) is 30.5 Å². The largest absolute Gasteiger partial charge is 0.313 e. The fraction of sp³-hybridized carbons (Fsp3) is 0.812. The third-order valence-electron chi connectivity index (χ3n) is 5.03. The predicted octanol–water partition coefficient (Wildman–Crippen LogP) is 3.32. The van der Waals surface area contributed by atoms with Gasteiger partial charge >= 0.3 is 0 Å². The molecule has 1 fully saturated rings. The van der Waals surface area contributed by atoms with Crippen LogP contribution in [0.3, 0.4) is 0 Å². The number of nitrogens with one attached hydrogen (secondary N) is 1. The number of hydrogen-bond acceptors (Lipinski definition) is 2. The molecule has 4 atom stereocenters. The number of aromatic nitrogens is 2. The molecule has 0 saturated heterocycles. The third kappa shape index (κ3) is 3.02. The summed E-state index contributed by atoms with van der Waals surface area (Å²) < 4.78 is 1.97. The van der Waals surface area contributed by atoms with Gasteiger partial charge in [0.25, 0.3) is 0 Å². The summed E-state index contributed by atoms with van der Waals surface area (Å²) in [5.74, 6) is 2.48. The van der Waals surface area contributed by atoms with Gasteiger partial charge in [-0.25, -0.2) is 0 Å². The fourth-order valence-corrected chi connectivity index (χ4v) is 3.62. The molecule has 3 nitrogen and oxygen atoms in total. The first-order valence-corrected chi connectivity index (χ1v) is 7.76. The molecule has 0 aromatic carbocycles. The van der Waals surface area contributed by atoms with Crippen LogP contribution in [0.2, 0.25) is 0 Å². The molecule has 1 aliphatic rings. The molecule has 1 aromatic heterocycles. The van der Waals surface area contributed by atoms with E-state index in [0.717, 1.165) is 24.2 Å². The van der Waals surface area contributed by atoms with E-state index in [1.807, 2.05) is 11.7 Å². The molecule has 1 heterocycles. The highest BCUT2D eigenvalue weighted by molar-refractivity contribution is 5.22. The van der Waals surface area contributed by atoms with Crippen LogP contribution in [0.5, 0.6) is 0 Å². The zero-order chi connectivity index (χ0) is 14.0. The standard InChI is InChI=1S/C16H29N3/c1-6-15-14(10-19(5)18-15)16(17-4)13-8-7-11(2)12(3)9-13/h10-13,16-17H,6-9H2,1-5H3. The molecule has 2 rings (SSSR count). The monoisotopic (exact) mass is 263 g/mol. The van der Waals surface area contributed by atoms with Crippen LogP contribution in [0.15, 0.2) is 6.20 Å². The van der Waals surface area contributed by atoms with Crippen molar-refractivity contribution >= 4 is 0 Å². The second kappa shape index (κ2) is 6.08. The lowest BCUT2D eigenvalue weighted by Gasteiger charge is -2.36. The van der Waals surface area contributed by atoms with E-state index in [2.05, 4.69) is 44.4 Å². The third-order valence-corrected chi connectivity index (χ3v) is 5.03. The predicted molar refractivity (Wildman–Crippen MR) is 80.1 cm³/mol. The van der Waals surface area contributed by atoms with E-state index in [-0.39, 0.29) is 0 Å². The number of rotatable bonds is 4. The van der Waals surface area contributed by atoms with Gasteiger partial charge in [-0.05, 0) is 44.1 Å². The summed E-state index contributed by atoms with van der Waals surface area (Å²) in [5, 5.41) is 8.16. The maximum atomic E-state index is 4.60. The van der Waals surface area contributed by atoms with Crippen LogP contribution in [0, 0.1) is 17.8 Å². The summed E-state index contributed by atoms with van der Waals surface area (Å²) in [6.07, 6.45) is 7.28. The van der Waals surface area contributed by atoms with Crippen LogP contribution >= 0.6 is 0 Å². The van der Waals surface area contributed by atoms with Gasteiger partial charge in [0.15, 0.2) is 0 Å². The molecule has 1 N–H and O–H groups in total. The molecule has 0 aliphatic heterocycles. The van der Waals surface area contributed by atoms with Gasteiger partial charge in [-0.1, -0.05) is 27.2 Å². The van der Waals surface area contributed by atoms with Gasteiger partial charge in [-0.3, -0.25) is 4.68 Å². The zero-order valence-electron chi connectivity index (χ0n) is 13.1. The van der Waals surface area contributed by atoms with Crippen molar-refractivity contribution in [2.24, 2.45) is 24.8 Å². The van der Waals surface area contributed by atoms with E-state index in [1.54, 1.807) is 0 Å². The van der Waals surface area contributed by atoms with Crippen molar-refractivity contribution in [2.45, 2.75) is 52.5 Å². The number of hydrogen-bond donors (Lipinski definition) is 1. The average molecular weight is 263 g/mol. The molecule has 1 aliphatic carbocycles. The van der Waals surface area contributed by atoms with Gasteiger partial charge in [-0.15, -0.1) is 0 Å². The van der Waals surface area contributed by atoms with Gasteiger partial charge in [0, 0.05) is 24.8 Å². The summed E-state index contributed by atoms with van der Waals surface area (Å²) >= 11 is 0. The second-order valence-corrected chi connectivity index (χ2v) is 6.35. The first-order valence-electron chi connectivity index (χ1n) is 7.76. The van der Waals surface area contributed by atoms with E-state index < -0.39 is 0 Å². The minimum absolute atomic E-state index is 0.471. The zero-order valence-corrected chi connectivity index (χ0v) is 13.1. The molecule has 0 bridgehead atoms. The smallest absolute Gasteiger partial charge is 0.0669 e. The van der Waals surface area contributed by atoms with E-state index in [0.29, 0.717) is 6.04 Å². The molecule has 1 aromatic rings. The Morgan fingerprint density at radius 2 is 2.11 bits per heavy atom. The van der Waals surface area contributed by atoms with Crippen molar-refractivity contribution in [3.05, 3.63) is 17.5 Å². The topological polar surface area (TPSA) is 29.9 Å². The van der Waals surface area contributed by atoms with Crippen molar-refractivity contribution in [2.75, 3.05) is 7.05 Å². The molecule has 0 amide bonds. The van der Waals surface area contributed by atoms with Crippen LogP contribution in [-0.2, 0) is 13.5 Å². The maximum Gasteiger partial charge on any atom is 0.0669 e. The molecule has 19 heavy (non-hydrogen) atoms. The van der Waals surface area contributed by atoms with Gasteiger partial charge in [0.2, 0.25) is 0 Å². The van der Waals surface area contributed by atoms with Crippen molar-refractivity contribution < 1.29 is 0 Å². The molecule has 4 unspecified atom stereocenters. The Morgan fingerprint density at radius 3 is 2.68 bits per heavy atom. The van der Waals surface area contributed by atoms with Crippen LogP contribution in [0.1, 0.15) is 57.3 Å². The minimum Gasteiger partial charge on any atom is -0.313 e. The Labute approximate surface area is 117 Å². The lowest BCUT2D eigenvalue weighted by molar-refractivity contribution is 0.174. The lowest BCUT2D eigenvalue weighted by Crippen LogP contribution is -2.31. The molecule has 0 spiro atoms. The molecule has 1 saturated carbocycles. The Kier molecular flexibility index (Phi) is 4.67. The van der Waals surface area contributed by atoms with Gasteiger partial charge < -0.3 is 5.32 Å². The van der Waals surface area contributed by atoms with Crippen molar-refractivity contribution in [1.82, 2.24) is 15.1 Å². The van der Waals surface area contributed by atoms with Crippen LogP contribution in [0.4, 0.5) is 0 Å². The van der Waals surface area contributed by atoms with Crippen LogP contribution in [-0.4, -0.2) is 16.8 Å². The first-order chi connectivity index (χ1) is 9.06. The minimum atomic E-state index is 0.471. The summed E-state index contributed by atoms with van der Waals surface area (Å²) in [7, 11) is 4.13. The summed E-state index contributed by atoms with van der Waals surface area (Å²) in [5.41, 5.74) is 2.67. The van der Waals surface area contributed by atoms with Gasteiger partial charge in [0.1, 0.15) is 0 Å². The highest BCUT2D eigenvalue weighted by Crippen LogP contribution is 2.40. The quantitative estimate of drug-likeness (QED) is 0.903. The van der Waals surface area contributed by atoms with E-state index in [9.17, 15) is 0 Å². The van der Waals surface area contributed by atoms with Crippen molar-refractivity contribution in [3.63, 3.8) is 0 Å². The molecule has 108 valence electrons.